The summed E-state index contributed by atoms with van der Waals surface area (Å²) >= 11 is 3.02. The molecule has 0 aromatic carbocycles. The third-order valence-electron chi connectivity index (χ3n) is 2.95. The van der Waals surface area contributed by atoms with Crippen molar-refractivity contribution in [3.8, 4) is 10.6 Å². The van der Waals surface area contributed by atoms with Crippen molar-refractivity contribution in [2.75, 3.05) is 13.1 Å². The molecule has 23 heavy (non-hydrogen) atoms. The Morgan fingerprint density at radius 3 is 2.65 bits per heavy atom. The Labute approximate surface area is 140 Å². The number of nitrogens with one attached hydrogen (secondary N) is 2. The zero-order valence-corrected chi connectivity index (χ0v) is 13.6. The van der Waals surface area contributed by atoms with E-state index in [9.17, 15) is 9.59 Å². The van der Waals surface area contributed by atoms with E-state index < -0.39 is 0 Å². The van der Waals surface area contributed by atoms with E-state index in [-0.39, 0.29) is 17.6 Å². The second kappa shape index (κ2) is 7.21. The molecule has 0 aliphatic heterocycles. The van der Waals surface area contributed by atoms with Crippen LogP contribution in [-0.2, 0) is 0 Å². The summed E-state index contributed by atoms with van der Waals surface area (Å²) in [5.41, 5.74) is 1.40. The number of carbonyl (C=O) groups excluding carboxylic acids is 2. The lowest BCUT2D eigenvalue weighted by molar-refractivity contribution is 0.0909. The van der Waals surface area contributed by atoms with Crippen molar-refractivity contribution in [1.29, 1.82) is 0 Å². The smallest absolute Gasteiger partial charge is 0.287 e. The number of amides is 2. The number of thiazole rings is 1. The van der Waals surface area contributed by atoms with Crippen molar-refractivity contribution in [1.82, 2.24) is 15.6 Å². The van der Waals surface area contributed by atoms with Crippen LogP contribution in [0.3, 0.4) is 0 Å². The van der Waals surface area contributed by atoms with E-state index in [1.54, 1.807) is 28.8 Å². The number of carbonyl (C=O) groups is 2. The van der Waals surface area contributed by atoms with Gasteiger partial charge in [0.15, 0.2) is 5.76 Å². The van der Waals surface area contributed by atoms with Gasteiger partial charge in [-0.1, -0.05) is 0 Å². The van der Waals surface area contributed by atoms with Gasteiger partial charge < -0.3 is 15.1 Å². The minimum absolute atomic E-state index is 0.247. The standard InChI is InChI=1S/C15H13N3O3S2/c19-13(11-9-23-15(18-11)10-3-7-22-8-10)16-4-5-17-14(20)12-2-1-6-21-12/h1-3,6-9H,4-5H2,(H,16,19)(H,17,20). The molecule has 0 spiro atoms. The average molecular weight is 347 g/mol. The van der Waals surface area contributed by atoms with Crippen molar-refractivity contribution in [3.63, 3.8) is 0 Å². The van der Waals surface area contributed by atoms with Crippen molar-refractivity contribution in [3.05, 3.63) is 52.1 Å². The highest BCUT2D eigenvalue weighted by atomic mass is 32.1. The van der Waals surface area contributed by atoms with Crippen molar-refractivity contribution >= 4 is 34.5 Å². The Kier molecular flexibility index (Phi) is 4.84. The van der Waals surface area contributed by atoms with E-state index in [1.165, 1.54) is 17.6 Å². The molecule has 3 heterocycles. The fraction of sp³-hybridized carbons (Fsp3) is 0.133. The first-order valence-electron chi connectivity index (χ1n) is 6.82. The molecule has 0 radical (unpaired) electrons. The van der Waals surface area contributed by atoms with Crippen LogP contribution in [0.1, 0.15) is 21.0 Å². The molecule has 2 N–H and O–H groups in total. The molecule has 3 rings (SSSR count). The molecule has 3 aromatic heterocycles. The zero-order chi connectivity index (χ0) is 16.1. The van der Waals surface area contributed by atoms with Gasteiger partial charge in [0, 0.05) is 29.4 Å². The van der Waals surface area contributed by atoms with Gasteiger partial charge in [-0.05, 0) is 23.6 Å². The van der Waals surface area contributed by atoms with E-state index in [0.29, 0.717) is 18.8 Å². The van der Waals surface area contributed by atoms with Crippen molar-refractivity contribution in [2.45, 2.75) is 0 Å². The lowest BCUT2D eigenvalue weighted by Gasteiger charge is -2.04. The highest BCUT2D eigenvalue weighted by Crippen LogP contribution is 2.25. The molecule has 0 atom stereocenters. The Morgan fingerprint density at radius 1 is 1.13 bits per heavy atom. The fourth-order valence-corrected chi connectivity index (χ4v) is 3.35. The Balaban J connectivity index is 1.45. The molecule has 0 aliphatic carbocycles. The van der Waals surface area contributed by atoms with Gasteiger partial charge in [0.25, 0.3) is 11.8 Å². The van der Waals surface area contributed by atoms with E-state index >= 15 is 0 Å². The van der Waals surface area contributed by atoms with Gasteiger partial charge in [-0.3, -0.25) is 9.59 Å². The second-order valence-electron chi connectivity index (χ2n) is 4.54. The number of aromatic nitrogens is 1. The Bertz CT molecular complexity index is 779. The minimum Gasteiger partial charge on any atom is -0.459 e. The number of thiophene rings is 1. The molecule has 0 aliphatic rings. The predicted molar refractivity (Wildman–Crippen MR) is 88.8 cm³/mol. The van der Waals surface area contributed by atoms with Crippen LogP contribution in [0, 0.1) is 0 Å². The van der Waals surface area contributed by atoms with Crippen molar-refractivity contribution < 1.29 is 14.0 Å². The van der Waals surface area contributed by atoms with Gasteiger partial charge in [0.05, 0.1) is 6.26 Å². The summed E-state index contributed by atoms with van der Waals surface area (Å²) in [5, 5.41) is 11.9. The summed E-state index contributed by atoms with van der Waals surface area (Å²) in [5.74, 6) is -0.316. The van der Waals surface area contributed by atoms with Crippen LogP contribution in [0.2, 0.25) is 0 Å². The van der Waals surface area contributed by atoms with E-state index in [4.69, 9.17) is 4.42 Å². The molecule has 0 fully saturated rings. The van der Waals surface area contributed by atoms with Crippen LogP contribution in [-0.4, -0.2) is 29.9 Å². The Morgan fingerprint density at radius 2 is 1.96 bits per heavy atom. The number of hydrogen-bond donors (Lipinski definition) is 2. The molecule has 2 amide bonds. The summed E-state index contributed by atoms with van der Waals surface area (Å²) in [6.07, 6.45) is 1.43. The first-order valence-corrected chi connectivity index (χ1v) is 8.64. The summed E-state index contributed by atoms with van der Waals surface area (Å²) in [4.78, 5) is 28.0. The van der Waals surface area contributed by atoms with Crippen LogP contribution in [0.15, 0.2) is 45.0 Å². The fourth-order valence-electron chi connectivity index (χ4n) is 1.83. The number of rotatable bonds is 6. The normalized spacial score (nSPS) is 10.4. The summed E-state index contributed by atoms with van der Waals surface area (Å²) in [6.45, 7) is 0.628. The topological polar surface area (TPSA) is 84.2 Å². The quantitative estimate of drug-likeness (QED) is 0.671. The molecule has 8 heteroatoms. The molecular weight excluding hydrogens is 334 g/mol. The van der Waals surface area contributed by atoms with E-state index in [2.05, 4.69) is 15.6 Å². The third-order valence-corrected chi connectivity index (χ3v) is 4.52. The second-order valence-corrected chi connectivity index (χ2v) is 6.18. The van der Waals surface area contributed by atoms with Crippen LogP contribution in [0.5, 0.6) is 0 Å². The van der Waals surface area contributed by atoms with Crippen molar-refractivity contribution in [2.24, 2.45) is 0 Å². The SMILES string of the molecule is O=C(NCCNC(=O)c1ccco1)c1csc(-c2ccsc2)n1. The molecule has 0 bridgehead atoms. The van der Waals surface area contributed by atoms with E-state index in [0.717, 1.165) is 10.6 Å². The van der Waals surface area contributed by atoms with Gasteiger partial charge >= 0.3 is 0 Å². The Hall–Kier alpha value is -2.45. The first-order chi connectivity index (χ1) is 11.2. The molecule has 0 saturated heterocycles. The van der Waals surface area contributed by atoms with Gasteiger partial charge in [-0.15, -0.1) is 11.3 Å². The highest BCUT2D eigenvalue weighted by Gasteiger charge is 2.12. The van der Waals surface area contributed by atoms with Crippen LogP contribution >= 0.6 is 22.7 Å². The van der Waals surface area contributed by atoms with Gasteiger partial charge in [-0.25, -0.2) is 4.98 Å². The minimum atomic E-state index is -0.308. The highest BCUT2D eigenvalue weighted by molar-refractivity contribution is 7.14. The molecular formula is C15H13N3O3S2. The third kappa shape index (κ3) is 3.85. The maximum absolute atomic E-state index is 12.0. The van der Waals surface area contributed by atoms with Gasteiger partial charge in [0.2, 0.25) is 0 Å². The number of nitrogens with zero attached hydrogens (tertiary/aromatic N) is 1. The predicted octanol–water partition coefficient (Wildman–Crippen LogP) is 2.62. The summed E-state index contributed by atoms with van der Waals surface area (Å²) in [6, 6.07) is 5.19. The lowest BCUT2D eigenvalue weighted by Crippen LogP contribution is -2.34. The van der Waals surface area contributed by atoms with Crippen LogP contribution in [0.25, 0.3) is 10.6 Å². The zero-order valence-electron chi connectivity index (χ0n) is 11.9. The maximum atomic E-state index is 12.0. The van der Waals surface area contributed by atoms with Gasteiger partial charge in [0.1, 0.15) is 10.7 Å². The largest absolute Gasteiger partial charge is 0.459 e. The van der Waals surface area contributed by atoms with Crippen LogP contribution in [0.4, 0.5) is 0 Å². The maximum Gasteiger partial charge on any atom is 0.287 e. The first kappa shape index (κ1) is 15.4. The molecule has 0 saturated carbocycles. The number of furan rings is 1. The molecule has 6 nitrogen and oxygen atoms in total. The average Bonchev–Trinajstić information content (AvgIpc) is 3.32. The van der Waals surface area contributed by atoms with Crippen LogP contribution < -0.4 is 10.6 Å². The molecule has 118 valence electrons. The summed E-state index contributed by atoms with van der Waals surface area (Å²) < 4.78 is 4.97. The summed E-state index contributed by atoms with van der Waals surface area (Å²) in [7, 11) is 0. The monoisotopic (exact) mass is 347 g/mol. The van der Waals surface area contributed by atoms with Gasteiger partial charge in [-0.2, -0.15) is 11.3 Å². The molecule has 0 unspecified atom stereocenters. The lowest BCUT2D eigenvalue weighted by atomic mass is 10.3. The molecule has 3 aromatic rings. The number of hydrogen-bond acceptors (Lipinski definition) is 6. The van der Waals surface area contributed by atoms with E-state index in [1.807, 2.05) is 16.8 Å².